The topological polar surface area (TPSA) is 114 Å². The molecular formula is C12H19ClN4O3S. The number of carbonyl (C=O) groups excluding carboxylic acids is 1. The van der Waals surface area contributed by atoms with E-state index < -0.39 is 27.5 Å². The second kappa shape index (κ2) is 6.17. The molecule has 0 radical (unpaired) electrons. The van der Waals surface area contributed by atoms with Crippen LogP contribution in [0.15, 0.2) is 17.2 Å². The Hall–Kier alpha value is -1.38. The van der Waals surface area contributed by atoms with E-state index in [1.165, 1.54) is 13.0 Å². The van der Waals surface area contributed by atoms with Gasteiger partial charge < -0.3 is 11.1 Å². The normalized spacial score (nSPS) is 13.8. The molecule has 0 bridgehead atoms. The highest BCUT2D eigenvalue weighted by atomic mass is 35.5. The molecule has 7 nitrogen and oxygen atoms in total. The number of rotatable bonds is 4. The van der Waals surface area contributed by atoms with Crippen molar-refractivity contribution < 1.29 is 13.2 Å². The molecule has 1 unspecified atom stereocenters. The van der Waals surface area contributed by atoms with Gasteiger partial charge in [-0.3, -0.25) is 4.79 Å². The molecule has 118 valence electrons. The Labute approximate surface area is 129 Å². The van der Waals surface area contributed by atoms with E-state index in [2.05, 4.69) is 15.0 Å². The van der Waals surface area contributed by atoms with E-state index in [-0.39, 0.29) is 15.7 Å². The van der Waals surface area contributed by atoms with Crippen molar-refractivity contribution in [3.63, 3.8) is 0 Å². The number of nitrogens with zero attached hydrogens (tertiary/aromatic N) is 1. The second-order valence-corrected chi connectivity index (χ2v) is 7.74. The molecule has 1 aromatic rings. The Kier molecular flexibility index (Phi) is 5.19. The first-order valence-corrected chi connectivity index (χ1v) is 8.04. The Bertz CT molecular complexity index is 640. The van der Waals surface area contributed by atoms with Crippen molar-refractivity contribution in [1.82, 2.24) is 15.0 Å². The zero-order valence-corrected chi connectivity index (χ0v) is 13.8. The monoisotopic (exact) mass is 334 g/mol. The van der Waals surface area contributed by atoms with E-state index >= 15 is 0 Å². The fourth-order valence-corrected chi connectivity index (χ4v) is 2.81. The fraction of sp³-hybridized carbons (Fsp3) is 0.500. The van der Waals surface area contributed by atoms with Crippen molar-refractivity contribution in [2.24, 2.45) is 0 Å². The minimum absolute atomic E-state index is 0.0321. The van der Waals surface area contributed by atoms with Gasteiger partial charge in [0, 0.05) is 11.7 Å². The van der Waals surface area contributed by atoms with Crippen molar-refractivity contribution in [3.8, 4) is 0 Å². The summed E-state index contributed by atoms with van der Waals surface area (Å²) in [7, 11) is -3.91. The third-order valence-electron chi connectivity index (χ3n) is 2.38. The molecule has 1 aromatic heterocycles. The Balaban J connectivity index is 2.89. The van der Waals surface area contributed by atoms with Gasteiger partial charge in [-0.25, -0.2) is 13.4 Å². The van der Waals surface area contributed by atoms with Gasteiger partial charge in [0.05, 0.1) is 11.1 Å². The summed E-state index contributed by atoms with van der Waals surface area (Å²) in [6.07, 6.45) is 1.08. The Morgan fingerprint density at radius 1 is 1.43 bits per heavy atom. The fourth-order valence-electron chi connectivity index (χ4n) is 1.41. The van der Waals surface area contributed by atoms with E-state index in [4.69, 9.17) is 17.3 Å². The number of nitrogen functional groups attached to an aromatic ring is 1. The van der Waals surface area contributed by atoms with Gasteiger partial charge in [-0.15, -0.1) is 0 Å². The highest BCUT2D eigenvalue weighted by Gasteiger charge is 2.25. The molecule has 0 saturated heterocycles. The number of amides is 1. The predicted octanol–water partition coefficient (Wildman–Crippen LogP) is 0.899. The zero-order valence-electron chi connectivity index (χ0n) is 12.3. The lowest BCUT2D eigenvalue weighted by atomic mass is 10.1. The summed E-state index contributed by atoms with van der Waals surface area (Å²) in [6, 6.07) is 0.242. The van der Waals surface area contributed by atoms with Crippen molar-refractivity contribution in [1.29, 1.82) is 0 Å². The van der Waals surface area contributed by atoms with Crippen LogP contribution < -0.4 is 15.8 Å². The standard InChI is InChI=1S/C12H19ClN4O3S/c1-7(11(18)16-12(2,3)4)17-21(19,20)8-5-9(13)10(14)15-6-8/h5-7,17H,1-4H3,(H2,14,15)(H,16,18). The average Bonchev–Trinajstić information content (AvgIpc) is 2.29. The Morgan fingerprint density at radius 2 is 2.00 bits per heavy atom. The van der Waals surface area contributed by atoms with Gasteiger partial charge in [-0.1, -0.05) is 11.6 Å². The number of hydrogen-bond donors (Lipinski definition) is 3. The van der Waals surface area contributed by atoms with Crippen molar-refractivity contribution in [3.05, 3.63) is 17.3 Å². The van der Waals surface area contributed by atoms with E-state index in [0.29, 0.717) is 0 Å². The van der Waals surface area contributed by atoms with Gasteiger partial charge in [-0.2, -0.15) is 4.72 Å². The summed E-state index contributed by atoms with van der Waals surface area (Å²) in [4.78, 5) is 15.4. The van der Waals surface area contributed by atoms with Crippen LogP contribution in [0.25, 0.3) is 0 Å². The molecular weight excluding hydrogens is 316 g/mol. The van der Waals surface area contributed by atoms with Crippen LogP contribution in [0, 0.1) is 0 Å². The number of halogens is 1. The maximum Gasteiger partial charge on any atom is 0.242 e. The van der Waals surface area contributed by atoms with Crippen molar-refractivity contribution in [2.45, 2.75) is 44.2 Å². The molecule has 0 aliphatic rings. The third-order valence-corrected chi connectivity index (χ3v) is 4.19. The largest absolute Gasteiger partial charge is 0.382 e. The van der Waals surface area contributed by atoms with E-state index in [1.807, 2.05) is 0 Å². The van der Waals surface area contributed by atoms with Crippen molar-refractivity contribution >= 4 is 33.3 Å². The molecule has 0 aliphatic heterocycles. The number of sulfonamides is 1. The number of nitrogens with one attached hydrogen (secondary N) is 2. The predicted molar refractivity (Wildman–Crippen MR) is 81.3 cm³/mol. The van der Waals surface area contributed by atoms with Crippen LogP contribution in [0.5, 0.6) is 0 Å². The summed E-state index contributed by atoms with van der Waals surface area (Å²) < 4.78 is 26.6. The summed E-state index contributed by atoms with van der Waals surface area (Å²) in [5.41, 5.74) is 4.97. The zero-order chi connectivity index (χ0) is 16.4. The van der Waals surface area contributed by atoms with Crippen LogP contribution in [0.1, 0.15) is 27.7 Å². The summed E-state index contributed by atoms with van der Waals surface area (Å²) >= 11 is 5.75. The van der Waals surface area contributed by atoms with Crippen LogP contribution >= 0.6 is 11.6 Å². The number of pyridine rings is 1. The maximum absolute atomic E-state index is 12.1. The van der Waals surface area contributed by atoms with Crippen LogP contribution in [0.3, 0.4) is 0 Å². The van der Waals surface area contributed by atoms with Crippen molar-refractivity contribution in [2.75, 3.05) is 5.73 Å². The van der Waals surface area contributed by atoms with E-state index in [0.717, 1.165) is 6.20 Å². The van der Waals surface area contributed by atoms with Gasteiger partial charge >= 0.3 is 0 Å². The first-order chi connectivity index (χ1) is 9.42. The van der Waals surface area contributed by atoms with Crippen LogP contribution in [-0.4, -0.2) is 30.9 Å². The molecule has 0 saturated carbocycles. The van der Waals surface area contributed by atoms with E-state index in [9.17, 15) is 13.2 Å². The first-order valence-electron chi connectivity index (χ1n) is 6.18. The minimum atomic E-state index is -3.91. The van der Waals surface area contributed by atoms with Gasteiger partial charge in [0.15, 0.2) is 0 Å². The molecule has 21 heavy (non-hydrogen) atoms. The lowest BCUT2D eigenvalue weighted by Crippen LogP contribution is -2.50. The SMILES string of the molecule is CC(NS(=O)(=O)c1cnc(N)c(Cl)c1)C(=O)NC(C)(C)C. The number of nitrogens with two attached hydrogens (primary N) is 1. The van der Waals surface area contributed by atoms with E-state index in [1.54, 1.807) is 20.8 Å². The third kappa shape index (κ3) is 5.14. The number of anilines is 1. The molecule has 4 N–H and O–H groups in total. The number of hydrogen-bond acceptors (Lipinski definition) is 5. The summed E-state index contributed by atoms with van der Waals surface area (Å²) in [5, 5.41) is 2.72. The first kappa shape index (κ1) is 17.7. The highest BCUT2D eigenvalue weighted by molar-refractivity contribution is 7.89. The number of carbonyl (C=O) groups is 1. The molecule has 0 fully saturated rings. The molecule has 0 aromatic carbocycles. The molecule has 1 amide bonds. The summed E-state index contributed by atoms with van der Waals surface area (Å²) in [6.45, 7) is 6.85. The van der Waals surface area contributed by atoms with Gasteiger partial charge in [0.25, 0.3) is 0 Å². The minimum Gasteiger partial charge on any atom is -0.382 e. The van der Waals surface area contributed by atoms with Crippen LogP contribution in [-0.2, 0) is 14.8 Å². The molecule has 1 atom stereocenters. The maximum atomic E-state index is 12.1. The Morgan fingerprint density at radius 3 is 2.48 bits per heavy atom. The van der Waals surface area contributed by atoms with Gasteiger partial charge in [-0.05, 0) is 33.8 Å². The lowest BCUT2D eigenvalue weighted by molar-refractivity contribution is -0.123. The van der Waals surface area contributed by atoms with Gasteiger partial charge in [0.1, 0.15) is 10.7 Å². The highest BCUT2D eigenvalue weighted by Crippen LogP contribution is 2.19. The lowest BCUT2D eigenvalue weighted by Gasteiger charge is -2.23. The van der Waals surface area contributed by atoms with Crippen LogP contribution in [0.2, 0.25) is 5.02 Å². The molecule has 0 spiro atoms. The average molecular weight is 335 g/mol. The summed E-state index contributed by atoms with van der Waals surface area (Å²) in [5.74, 6) is -0.394. The smallest absolute Gasteiger partial charge is 0.242 e. The number of aromatic nitrogens is 1. The van der Waals surface area contributed by atoms with Gasteiger partial charge in [0.2, 0.25) is 15.9 Å². The molecule has 0 aliphatic carbocycles. The van der Waals surface area contributed by atoms with Crippen LogP contribution in [0.4, 0.5) is 5.82 Å². The quantitative estimate of drug-likeness (QED) is 0.756. The molecule has 1 rings (SSSR count). The molecule has 9 heteroatoms. The molecule has 1 heterocycles. The second-order valence-electron chi connectivity index (χ2n) is 5.62.